The Bertz CT molecular complexity index is 226. The van der Waals surface area contributed by atoms with E-state index in [9.17, 15) is 9.59 Å². The number of hydrogen-bond acceptors (Lipinski definition) is 2. The maximum atomic E-state index is 11.9. The van der Waals surface area contributed by atoms with Crippen LogP contribution in [0, 0.1) is 11.3 Å². The topological polar surface area (TPSA) is 34.1 Å². The van der Waals surface area contributed by atoms with Gasteiger partial charge in [-0.15, -0.1) is 0 Å². The molecule has 2 aliphatic carbocycles. The predicted octanol–water partition coefficient (Wildman–Crippen LogP) is 2.11. The van der Waals surface area contributed by atoms with E-state index in [0.717, 1.165) is 32.0 Å². The van der Waals surface area contributed by atoms with Gasteiger partial charge in [0, 0.05) is 5.41 Å². The summed E-state index contributed by atoms with van der Waals surface area (Å²) in [4.78, 5) is 22.5. The fraction of sp³-hybridized carbons (Fsp3) is 0.818. The van der Waals surface area contributed by atoms with Gasteiger partial charge in [0.15, 0.2) is 0 Å². The molecule has 0 bridgehead atoms. The monoisotopic (exact) mass is 180 g/mol. The number of carbonyl (C=O) groups is 2. The lowest BCUT2D eigenvalue weighted by Gasteiger charge is -2.31. The van der Waals surface area contributed by atoms with E-state index in [4.69, 9.17) is 0 Å². The zero-order valence-electron chi connectivity index (χ0n) is 7.92. The average Bonchev–Trinajstić information content (AvgIpc) is 2.47. The number of rotatable bonds is 1. The molecular weight excluding hydrogens is 164 g/mol. The molecule has 2 nitrogen and oxygen atoms in total. The van der Waals surface area contributed by atoms with E-state index in [0.29, 0.717) is 0 Å². The summed E-state index contributed by atoms with van der Waals surface area (Å²) < 4.78 is 0. The Morgan fingerprint density at radius 1 is 1.15 bits per heavy atom. The summed E-state index contributed by atoms with van der Waals surface area (Å²) in [6.45, 7) is 0. The third kappa shape index (κ3) is 1.32. The summed E-state index contributed by atoms with van der Waals surface area (Å²) in [6, 6.07) is 0. The van der Waals surface area contributed by atoms with E-state index < -0.39 is 0 Å². The van der Waals surface area contributed by atoms with Crippen LogP contribution >= 0.6 is 0 Å². The molecule has 0 aliphatic heterocycles. The van der Waals surface area contributed by atoms with Gasteiger partial charge in [-0.3, -0.25) is 4.79 Å². The zero-order chi connectivity index (χ0) is 9.31. The van der Waals surface area contributed by atoms with E-state index in [1.165, 1.54) is 19.3 Å². The van der Waals surface area contributed by atoms with Crippen molar-refractivity contribution in [2.75, 3.05) is 0 Å². The van der Waals surface area contributed by atoms with Crippen LogP contribution in [0.2, 0.25) is 0 Å². The minimum absolute atomic E-state index is 0.0656. The van der Waals surface area contributed by atoms with E-state index in [1.54, 1.807) is 0 Å². The molecule has 1 atom stereocenters. The second kappa shape index (κ2) is 3.24. The van der Waals surface area contributed by atoms with Gasteiger partial charge in [-0.05, 0) is 25.7 Å². The molecule has 0 aromatic carbocycles. The Labute approximate surface area is 78.7 Å². The molecule has 2 saturated carbocycles. The molecule has 0 radical (unpaired) electrons. The summed E-state index contributed by atoms with van der Waals surface area (Å²) >= 11 is 0. The third-order valence-corrected chi connectivity index (χ3v) is 3.77. The van der Waals surface area contributed by atoms with Gasteiger partial charge in [0.1, 0.15) is 12.1 Å². The van der Waals surface area contributed by atoms with Gasteiger partial charge in [-0.1, -0.05) is 19.3 Å². The van der Waals surface area contributed by atoms with Crippen LogP contribution in [0.25, 0.3) is 0 Å². The van der Waals surface area contributed by atoms with Gasteiger partial charge in [-0.2, -0.15) is 0 Å². The number of carbonyl (C=O) groups excluding carboxylic acids is 2. The quantitative estimate of drug-likeness (QED) is 0.457. The van der Waals surface area contributed by atoms with Crippen LogP contribution in [0.4, 0.5) is 0 Å². The second-order valence-electron chi connectivity index (χ2n) is 4.49. The SMILES string of the molecule is O=CC1CCC2(CCCCC2)C1=O. The number of Topliss-reactive ketones (excluding diaryl/α,β-unsaturated/α-hetero) is 1. The fourth-order valence-electron chi connectivity index (χ4n) is 2.93. The van der Waals surface area contributed by atoms with Gasteiger partial charge in [0.2, 0.25) is 0 Å². The molecule has 0 saturated heterocycles. The van der Waals surface area contributed by atoms with Gasteiger partial charge < -0.3 is 4.79 Å². The molecule has 1 unspecified atom stereocenters. The first-order chi connectivity index (χ1) is 6.28. The number of ketones is 1. The molecule has 72 valence electrons. The van der Waals surface area contributed by atoms with Crippen molar-refractivity contribution in [3.63, 3.8) is 0 Å². The minimum atomic E-state index is -0.266. The lowest BCUT2D eigenvalue weighted by atomic mass is 9.72. The highest BCUT2D eigenvalue weighted by Gasteiger charge is 2.47. The van der Waals surface area contributed by atoms with Crippen LogP contribution in [0.5, 0.6) is 0 Å². The standard InChI is InChI=1S/C11H16O2/c12-8-9-4-7-11(10(9)13)5-2-1-3-6-11/h8-9H,1-7H2. The third-order valence-electron chi connectivity index (χ3n) is 3.77. The predicted molar refractivity (Wildman–Crippen MR) is 49.3 cm³/mol. The van der Waals surface area contributed by atoms with E-state index in [-0.39, 0.29) is 17.1 Å². The van der Waals surface area contributed by atoms with Gasteiger partial charge >= 0.3 is 0 Å². The van der Waals surface area contributed by atoms with Crippen LogP contribution in [-0.2, 0) is 9.59 Å². The molecule has 2 aliphatic rings. The Hall–Kier alpha value is -0.660. The molecule has 0 heterocycles. The van der Waals surface area contributed by atoms with Gasteiger partial charge in [0.05, 0.1) is 5.92 Å². The smallest absolute Gasteiger partial charge is 0.149 e. The van der Waals surface area contributed by atoms with Crippen molar-refractivity contribution in [1.29, 1.82) is 0 Å². The highest BCUT2D eigenvalue weighted by Crippen LogP contribution is 2.48. The highest BCUT2D eigenvalue weighted by molar-refractivity contribution is 5.99. The molecule has 2 rings (SSSR count). The van der Waals surface area contributed by atoms with Crippen LogP contribution in [0.1, 0.15) is 44.9 Å². The van der Waals surface area contributed by atoms with E-state index >= 15 is 0 Å². The molecule has 0 N–H and O–H groups in total. The molecule has 0 aromatic rings. The minimum Gasteiger partial charge on any atom is -0.303 e. The van der Waals surface area contributed by atoms with Gasteiger partial charge in [-0.25, -0.2) is 0 Å². The molecule has 1 spiro atoms. The van der Waals surface area contributed by atoms with Crippen LogP contribution < -0.4 is 0 Å². The Morgan fingerprint density at radius 3 is 2.38 bits per heavy atom. The zero-order valence-corrected chi connectivity index (χ0v) is 7.92. The normalized spacial score (nSPS) is 32.3. The van der Waals surface area contributed by atoms with Crippen molar-refractivity contribution in [3.8, 4) is 0 Å². The summed E-state index contributed by atoms with van der Waals surface area (Å²) in [5, 5.41) is 0. The number of hydrogen-bond donors (Lipinski definition) is 0. The molecule has 2 heteroatoms. The van der Waals surface area contributed by atoms with Crippen molar-refractivity contribution in [3.05, 3.63) is 0 Å². The lowest BCUT2D eigenvalue weighted by Crippen LogP contribution is -2.31. The number of aldehydes is 1. The van der Waals surface area contributed by atoms with Crippen LogP contribution in [0.3, 0.4) is 0 Å². The first-order valence-corrected chi connectivity index (χ1v) is 5.28. The second-order valence-corrected chi connectivity index (χ2v) is 4.49. The molecule has 13 heavy (non-hydrogen) atoms. The fourth-order valence-corrected chi connectivity index (χ4v) is 2.93. The molecular formula is C11H16O2. The maximum Gasteiger partial charge on any atom is 0.149 e. The van der Waals surface area contributed by atoms with Crippen molar-refractivity contribution >= 4 is 12.1 Å². The maximum absolute atomic E-state index is 11.9. The molecule has 0 aromatic heterocycles. The lowest BCUT2D eigenvalue weighted by molar-refractivity contribution is -0.132. The van der Waals surface area contributed by atoms with Crippen molar-refractivity contribution in [2.45, 2.75) is 44.9 Å². The molecule has 0 amide bonds. The highest BCUT2D eigenvalue weighted by atomic mass is 16.1. The summed E-state index contributed by atoms with van der Waals surface area (Å²) in [5.41, 5.74) is -0.0656. The first kappa shape index (κ1) is 8.92. The van der Waals surface area contributed by atoms with Crippen molar-refractivity contribution in [2.24, 2.45) is 11.3 Å². The van der Waals surface area contributed by atoms with Gasteiger partial charge in [0.25, 0.3) is 0 Å². The first-order valence-electron chi connectivity index (χ1n) is 5.28. The Morgan fingerprint density at radius 2 is 1.85 bits per heavy atom. The Balaban J connectivity index is 2.15. The van der Waals surface area contributed by atoms with E-state index in [1.807, 2.05) is 0 Å². The van der Waals surface area contributed by atoms with Crippen molar-refractivity contribution in [1.82, 2.24) is 0 Å². The van der Waals surface area contributed by atoms with Crippen LogP contribution in [0.15, 0.2) is 0 Å². The van der Waals surface area contributed by atoms with Crippen molar-refractivity contribution < 1.29 is 9.59 Å². The van der Waals surface area contributed by atoms with E-state index in [2.05, 4.69) is 0 Å². The summed E-state index contributed by atoms with van der Waals surface area (Å²) in [6.07, 6.45) is 8.32. The average molecular weight is 180 g/mol. The molecule has 2 fully saturated rings. The summed E-state index contributed by atoms with van der Waals surface area (Å²) in [5.74, 6) is -0.0136. The summed E-state index contributed by atoms with van der Waals surface area (Å²) in [7, 11) is 0. The Kier molecular flexibility index (Phi) is 2.22. The van der Waals surface area contributed by atoms with Crippen LogP contribution in [-0.4, -0.2) is 12.1 Å². The largest absolute Gasteiger partial charge is 0.303 e.